The first kappa shape index (κ1) is 20.6. The molecule has 0 spiro atoms. The number of piperazine rings is 1. The molecule has 3 amide bonds. The molecule has 0 aromatic heterocycles. The zero-order chi connectivity index (χ0) is 21.5. The van der Waals surface area contributed by atoms with E-state index in [-0.39, 0.29) is 30.2 Å². The molecule has 0 aliphatic carbocycles. The van der Waals surface area contributed by atoms with Crippen LogP contribution in [-0.2, 0) is 27.4 Å². The SMILES string of the molecule is N[C@@H]1COC[C@H]1N1CCN(Cc2cccc3c2CN(C2CCC(=O)NC2=O)C3=O)CC1. The average molecular weight is 428 g/mol. The number of nitrogens with zero attached hydrogens (tertiary/aromatic N) is 3. The maximum atomic E-state index is 13.0. The Kier molecular flexibility index (Phi) is 5.51. The predicted molar refractivity (Wildman–Crippen MR) is 112 cm³/mol. The standard InChI is InChI=1S/C22H29N5O4/c23-17-12-31-13-19(17)26-8-6-25(7-9-26)10-14-2-1-3-15-16(14)11-27(22(15)30)18-4-5-20(28)24-21(18)29/h1-3,17-19H,4-13,23H2,(H,24,28,29)/t17-,18?,19-/m1/s1. The molecule has 1 aromatic carbocycles. The maximum Gasteiger partial charge on any atom is 0.255 e. The van der Waals surface area contributed by atoms with Gasteiger partial charge >= 0.3 is 0 Å². The molecule has 4 aliphatic rings. The van der Waals surface area contributed by atoms with E-state index in [9.17, 15) is 14.4 Å². The molecule has 3 saturated heterocycles. The number of nitrogens with two attached hydrogens (primary N) is 1. The molecule has 31 heavy (non-hydrogen) atoms. The molecule has 1 unspecified atom stereocenters. The van der Waals surface area contributed by atoms with Gasteiger partial charge in [-0.15, -0.1) is 0 Å². The summed E-state index contributed by atoms with van der Waals surface area (Å²) in [5.41, 5.74) is 8.99. The zero-order valence-corrected chi connectivity index (χ0v) is 17.6. The average Bonchev–Trinajstić information content (AvgIpc) is 3.33. The van der Waals surface area contributed by atoms with Crippen LogP contribution in [0.2, 0.25) is 0 Å². The highest BCUT2D eigenvalue weighted by molar-refractivity contribution is 6.05. The first-order valence-electron chi connectivity index (χ1n) is 11.1. The van der Waals surface area contributed by atoms with E-state index >= 15 is 0 Å². The van der Waals surface area contributed by atoms with Crippen LogP contribution in [-0.4, -0.2) is 89.9 Å². The fourth-order valence-corrected chi connectivity index (χ4v) is 5.23. The van der Waals surface area contributed by atoms with Gasteiger partial charge < -0.3 is 15.4 Å². The summed E-state index contributed by atoms with van der Waals surface area (Å²) in [7, 11) is 0. The topological polar surface area (TPSA) is 108 Å². The first-order valence-corrected chi connectivity index (χ1v) is 11.1. The molecule has 4 aliphatic heterocycles. The van der Waals surface area contributed by atoms with Gasteiger partial charge in [-0.05, 0) is 23.6 Å². The molecule has 9 nitrogen and oxygen atoms in total. The lowest BCUT2D eigenvalue weighted by molar-refractivity contribution is -0.136. The number of fused-ring (bicyclic) bond motifs is 1. The molecular weight excluding hydrogens is 398 g/mol. The molecular formula is C22H29N5O4. The second-order valence-electron chi connectivity index (χ2n) is 8.92. The van der Waals surface area contributed by atoms with Crippen molar-refractivity contribution in [1.82, 2.24) is 20.0 Å². The number of rotatable bonds is 4. The number of ether oxygens (including phenoxy) is 1. The largest absolute Gasteiger partial charge is 0.378 e. The normalized spacial score (nSPS) is 30.0. The van der Waals surface area contributed by atoms with E-state index in [1.807, 2.05) is 12.1 Å². The number of imide groups is 1. The number of amides is 3. The predicted octanol–water partition coefficient (Wildman–Crippen LogP) is -0.709. The van der Waals surface area contributed by atoms with Crippen molar-refractivity contribution in [3.05, 3.63) is 34.9 Å². The van der Waals surface area contributed by atoms with Gasteiger partial charge in [-0.2, -0.15) is 0 Å². The van der Waals surface area contributed by atoms with Crippen LogP contribution in [0.3, 0.4) is 0 Å². The van der Waals surface area contributed by atoms with Gasteiger partial charge in [0.05, 0.1) is 19.3 Å². The van der Waals surface area contributed by atoms with Crippen molar-refractivity contribution in [2.45, 2.75) is 44.1 Å². The van der Waals surface area contributed by atoms with Gasteiger partial charge in [-0.1, -0.05) is 12.1 Å². The minimum atomic E-state index is -0.577. The quantitative estimate of drug-likeness (QED) is 0.611. The van der Waals surface area contributed by atoms with E-state index < -0.39 is 6.04 Å². The van der Waals surface area contributed by atoms with Gasteiger partial charge in [0.25, 0.3) is 5.91 Å². The van der Waals surface area contributed by atoms with Crippen LogP contribution in [0.25, 0.3) is 0 Å². The van der Waals surface area contributed by atoms with Crippen molar-refractivity contribution in [2.24, 2.45) is 5.73 Å². The molecule has 3 N–H and O–H groups in total. The third kappa shape index (κ3) is 3.87. The van der Waals surface area contributed by atoms with E-state index in [1.54, 1.807) is 4.90 Å². The van der Waals surface area contributed by atoms with Crippen LogP contribution in [0.5, 0.6) is 0 Å². The van der Waals surface area contributed by atoms with Crippen molar-refractivity contribution >= 4 is 17.7 Å². The van der Waals surface area contributed by atoms with Crippen LogP contribution in [0.4, 0.5) is 0 Å². The second kappa shape index (κ2) is 8.31. The van der Waals surface area contributed by atoms with Crippen LogP contribution < -0.4 is 11.1 Å². The summed E-state index contributed by atoms with van der Waals surface area (Å²) in [5, 5.41) is 2.36. The summed E-state index contributed by atoms with van der Waals surface area (Å²) in [5.74, 6) is -0.758. The molecule has 9 heteroatoms. The number of hydrogen-bond acceptors (Lipinski definition) is 7. The Bertz CT molecular complexity index is 898. The number of piperidine rings is 1. The van der Waals surface area contributed by atoms with Crippen molar-refractivity contribution in [3.63, 3.8) is 0 Å². The van der Waals surface area contributed by atoms with Crippen molar-refractivity contribution in [1.29, 1.82) is 0 Å². The summed E-state index contributed by atoms with van der Waals surface area (Å²) < 4.78 is 5.52. The summed E-state index contributed by atoms with van der Waals surface area (Å²) in [4.78, 5) is 43.2. The molecule has 3 fully saturated rings. The highest BCUT2D eigenvalue weighted by Gasteiger charge is 2.40. The smallest absolute Gasteiger partial charge is 0.255 e. The Balaban J connectivity index is 1.25. The van der Waals surface area contributed by atoms with Gasteiger partial charge in [-0.25, -0.2) is 0 Å². The lowest BCUT2D eigenvalue weighted by atomic mass is 10.0. The molecule has 0 saturated carbocycles. The van der Waals surface area contributed by atoms with E-state index in [4.69, 9.17) is 10.5 Å². The Morgan fingerprint density at radius 1 is 1.10 bits per heavy atom. The Morgan fingerprint density at radius 2 is 1.90 bits per heavy atom. The Morgan fingerprint density at radius 3 is 2.61 bits per heavy atom. The van der Waals surface area contributed by atoms with Crippen LogP contribution in [0.1, 0.15) is 34.3 Å². The van der Waals surface area contributed by atoms with E-state index in [2.05, 4.69) is 21.2 Å². The number of carbonyl (C=O) groups excluding carboxylic acids is 3. The monoisotopic (exact) mass is 427 g/mol. The van der Waals surface area contributed by atoms with Gasteiger partial charge in [0, 0.05) is 57.3 Å². The van der Waals surface area contributed by atoms with Crippen LogP contribution in [0.15, 0.2) is 18.2 Å². The molecule has 166 valence electrons. The molecule has 0 bridgehead atoms. The minimum absolute atomic E-state index is 0.0909. The fraction of sp³-hybridized carbons (Fsp3) is 0.591. The molecule has 5 rings (SSSR count). The van der Waals surface area contributed by atoms with E-state index in [0.29, 0.717) is 37.8 Å². The third-order valence-corrected chi connectivity index (χ3v) is 7.04. The fourth-order valence-electron chi connectivity index (χ4n) is 5.23. The second-order valence-corrected chi connectivity index (χ2v) is 8.92. The van der Waals surface area contributed by atoms with Gasteiger partial charge in [0.2, 0.25) is 11.8 Å². The van der Waals surface area contributed by atoms with Gasteiger partial charge in [0.1, 0.15) is 6.04 Å². The lowest BCUT2D eigenvalue weighted by Crippen LogP contribution is -2.55. The van der Waals surface area contributed by atoms with Crippen molar-refractivity contribution in [3.8, 4) is 0 Å². The van der Waals surface area contributed by atoms with E-state index in [1.165, 1.54) is 0 Å². The minimum Gasteiger partial charge on any atom is -0.378 e. The number of hydrogen-bond donors (Lipinski definition) is 2. The first-order chi connectivity index (χ1) is 15.0. The summed E-state index contributed by atoms with van der Waals surface area (Å²) in [6.07, 6.45) is 0.651. The van der Waals surface area contributed by atoms with Crippen molar-refractivity contribution < 1.29 is 19.1 Å². The maximum absolute atomic E-state index is 13.0. The zero-order valence-electron chi connectivity index (χ0n) is 17.6. The van der Waals surface area contributed by atoms with Crippen LogP contribution >= 0.6 is 0 Å². The summed E-state index contributed by atoms with van der Waals surface area (Å²) in [6, 6.07) is 5.66. The highest BCUT2D eigenvalue weighted by Crippen LogP contribution is 2.30. The Labute approximate surface area is 181 Å². The highest BCUT2D eigenvalue weighted by atomic mass is 16.5. The van der Waals surface area contributed by atoms with Crippen molar-refractivity contribution in [2.75, 3.05) is 39.4 Å². The lowest BCUT2D eigenvalue weighted by Gasteiger charge is -2.38. The summed E-state index contributed by atoms with van der Waals surface area (Å²) >= 11 is 0. The van der Waals surface area contributed by atoms with Gasteiger partial charge in [-0.3, -0.25) is 29.5 Å². The Hall–Kier alpha value is -2.33. The van der Waals surface area contributed by atoms with Crippen LogP contribution in [0, 0.1) is 0 Å². The molecule has 4 heterocycles. The number of nitrogens with one attached hydrogen (secondary N) is 1. The number of benzene rings is 1. The molecule has 3 atom stereocenters. The summed E-state index contributed by atoms with van der Waals surface area (Å²) in [6.45, 7) is 6.35. The van der Waals surface area contributed by atoms with Gasteiger partial charge in [0.15, 0.2) is 0 Å². The molecule has 0 radical (unpaired) electrons. The molecule has 1 aromatic rings. The van der Waals surface area contributed by atoms with E-state index in [0.717, 1.165) is 43.9 Å². The third-order valence-electron chi connectivity index (χ3n) is 7.04. The number of carbonyl (C=O) groups is 3.